The highest BCUT2D eigenvalue weighted by Gasteiger charge is 2.13. The van der Waals surface area contributed by atoms with E-state index in [-0.39, 0.29) is 12.0 Å². The summed E-state index contributed by atoms with van der Waals surface area (Å²) in [6.45, 7) is 7.77. The van der Waals surface area contributed by atoms with Gasteiger partial charge in [-0.05, 0) is 24.8 Å². The second-order valence-corrected chi connectivity index (χ2v) is 4.04. The molecule has 0 aromatic heterocycles. The van der Waals surface area contributed by atoms with Crippen molar-refractivity contribution < 1.29 is 13.9 Å². The van der Waals surface area contributed by atoms with Crippen molar-refractivity contribution in [1.82, 2.24) is 0 Å². The number of rotatable bonds is 3. The smallest absolute Gasteiger partial charge is 0.366 e. The summed E-state index contributed by atoms with van der Waals surface area (Å²) >= 11 is 0. The first kappa shape index (κ1) is 12.1. The Bertz CT molecular complexity index is 201. The Hall–Kier alpha value is -0.860. The highest BCUT2D eigenvalue weighted by atomic mass is 19.1. The molecule has 0 atom stereocenters. The zero-order valence-electron chi connectivity index (χ0n) is 8.69. The van der Waals surface area contributed by atoms with Gasteiger partial charge in [-0.3, -0.25) is 0 Å². The Labute approximate surface area is 78.8 Å². The van der Waals surface area contributed by atoms with Crippen LogP contribution in [0.2, 0.25) is 0 Å². The molecule has 0 aromatic carbocycles. The van der Waals surface area contributed by atoms with Crippen LogP contribution in [-0.4, -0.2) is 12.6 Å². The standard InChI is InChI=1S/C10H17FO2/c1-5-13-9(12)8(11)6-7-10(2,3)4/h6H,5,7H2,1-4H3/b8-6-. The minimum Gasteiger partial charge on any atom is -0.461 e. The van der Waals surface area contributed by atoms with Gasteiger partial charge in [0.05, 0.1) is 6.61 Å². The Kier molecular flexibility index (Phi) is 4.67. The topological polar surface area (TPSA) is 26.3 Å². The van der Waals surface area contributed by atoms with E-state index < -0.39 is 11.8 Å². The summed E-state index contributed by atoms with van der Waals surface area (Å²) < 4.78 is 17.4. The molecule has 76 valence electrons. The first-order chi connectivity index (χ1) is 5.87. The number of carbonyl (C=O) groups excluding carboxylic acids is 1. The lowest BCUT2D eigenvalue weighted by molar-refractivity contribution is -0.140. The number of hydrogen-bond acceptors (Lipinski definition) is 2. The molecule has 0 aliphatic carbocycles. The van der Waals surface area contributed by atoms with E-state index in [2.05, 4.69) is 4.74 Å². The van der Waals surface area contributed by atoms with Gasteiger partial charge in [0.1, 0.15) is 0 Å². The van der Waals surface area contributed by atoms with Crippen LogP contribution in [0.25, 0.3) is 0 Å². The van der Waals surface area contributed by atoms with Gasteiger partial charge in [0.15, 0.2) is 0 Å². The van der Waals surface area contributed by atoms with Crippen LogP contribution in [0.5, 0.6) is 0 Å². The van der Waals surface area contributed by atoms with Gasteiger partial charge in [-0.1, -0.05) is 20.8 Å². The second-order valence-electron chi connectivity index (χ2n) is 4.04. The molecule has 0 fully saturated rings. The van der Waals surface area contributed by atoms with Crippen LogP contribution in [0.15, 0.2) is 11.9 Å². The third-order valence-electron chi connectivity index (χ3n) is 1.36. The van der Waals surface area contributed by atoms with Gasteiger partial charge in [0.2, 0.25) is 5.83 Å². The molecule has 0 aliphatic rings. The van der Waals surface area contributed by atoms with Crippen LogP contribution in [0, 0.1) is 5.41 Å². The van der Waals surface area contributed by atoms with E-state index in [9.17, 15) is 9.18 Å². The average Bonchev–Trinajstić information content (AvgIpc) is 1.99. The predicted molar refractivity (Wildman–Crippen MR) is 49.9 cm³/mol. The zero-order chi connectivity index (χ0) is 10.5. The van der Waals surface area contributed by atoms with Crippen LogP contribution in [0.1, 0.15) is 34.1 Å². The van der Waals surface area contributed by atoms with E-state index in [1.165, 1.54) is 6.08 Å². The molecule has 0 aliphatic heterocycles. The molecule has 13 heavy (non-hydrogen) atoms. The molecule has 0 spiro atoms. The Morgan fingerprint density at radius 2 is 2.00 bits per heavy atom. The number of ether oxygens (including phenoxy) is 1. The second kappa shape index (κ2) is 5.00. The number of carbonyl (C=O) groups is 1. The average molecular weight is 188 g/mol. The Morgan fingerprint density at radius 3 is 2.38 bits per heavy atom. The first-order valence-electron chi connectivity index (χ1n) is 4.39. The molecule has 3 heteroatoms. The van der Waals surface area contributed by atoms with Crippen LogP contribution in [-0.2, 0) is 9.53 Å². The normalized spacial score (nSPS) is 12.8. The van der Waals surface area contributed by atoms with Crippen molar-refractivity contribution in [2.45, 2.75) is 34.1 Å². The number of allylic oxidation sites excluding steroid dienone is 1. The highest BCUT2D eigenvalue weighted by molar-refractivity contribution is 5.85. The summed E-state index contributed by atoms with van der Waals surface area (Å²) in [5.41, 5.74) is -0.0101. The number of hydrogen-bond donors (Lipinski definition) is 0. The monoisotopic (exact) mass is 188 g/mol. The van der Waals surface area contributed by atoms with Crippen molar-refractivity contribution >= 4 is 5.97 Å². The minimum atomic E-state index is -0.869. The van der Waals surface area contributed by atoms with Crippen molar-refractivity contribution in [3.8, 4) is 0 Å². The number of halogens is 1. The van der Waals surface area contributed by atoms with Crippen molar-refractivity contribution in [2.24, 2.45) is 5.41 Å². The summed E-state index contributed by atoms with van der Waals surface area (Å²) in [7, 11) is 0. The lowest BCUT2D eigenvalue weighted by atomic mass is 9.92. The first-order valence-corrected chi connectivity index (χ1v) is 4.39. The van der Waals surface area contributed by atoms with Crippen LogP contribution in [0.4, 0.5) is 4.39 Å². The van der Waals surface area contributed by atoms with Gasteiger partial charge >= 0.3 is 5.97 Å². The molecular weight excluding hydrogens is 171 g/mol. The molecule has 0 amide bonds. The molecule has 0 radical (unpaired) electrons. The molecule has 0 unspecified atom stereocenters. The summed E-state index contributed by atoms with van der Waals surface area (Å²) in [5, 5.41) is 0. The van der Waals surface area contributed by atoms with E-state index in [1.807, 2.05) is 20.8 Å². The molecule has 0 aromatic rings. The fraction of sp³-hybridized carbons (Fsp3) is 0.700. The minimum absolute atomic E-state index is 0.0101. The summed E-state index contributed by atoms with van der Waals surface area (Å²) in [6, 6.07) is 0. The lowest BCUT2D eigenvalue weighted by Gasteiger charge is -2.14. The number of esters is 1. The molecular formula is C10H17FO2. The molecule has 0 saturated carbocycles. The van der Waals surface area contributed by atoms with Crippen molar-refractivity contribution in [3.63, 3.8) is 0 Å². The third kappa shape index (κ3) is 6.31. The maximum Gasteiger partial charge on any atom is 0.366 e. The summed E-state index contributed by atoms with van der Waals surface area (Å²) in [6.07, 6.45) is 1.80. The highest BCUT2D eigenvalue weighted by Crippen LogP contribution is 2.20. The predicted octanol–water partition coefficient (Wildman–Crippen LogP) is 2.84. The van der Waals surface area contributed by atoms with Gasteiger partial charge in [0, 0.05) is 0 Å². The fourth-order valence-electron chi connectivity index (χ4n) is 0.679. The maximum atomic E-state index is 12.9. The van der Waals surface area contributed by atoms with E-state index in [1.54, 1.807) is 6.92 Å². The fourth-order valence-corrected chi connectivity index (χ4v) is 0.679. The zero-order valence-corrected chi connectivity index (χ0v) is 8.69. The molecule has 2 nitrogen and oxygen atoms in total. The lowest BCUT2D eigenvalue weighted by Crippen LogP contribution is -2.07. The van der Waals surface area contributed by atoms with Gasteiger partial charge in [-0.25, -0.2) is 4.79 Å². The molecule has 0 bridgehead atoms. The van der Waals surface area contributed by atoms with Crippen LogP contribution >= 0.6 is 0 Å². The third-order valence-corrected chi connectivity index (χ3v) is 1.36. The summed E-state index contributed by atoms with van der Waals surface area (Å²) in [5.74, 6) is -1.66. The summed E-state index contributed by atoms with van der Waals surface area (Å²) in [4.78, 5) is 10.8. The quantitative estimate of drug-likeness (QED) is 0.503. The molecule has 0 heterocycles. The largest absolute Gasteiger partial charge is 0.461 e. The van der Waals surface area contributed by atoms with E-state index in [0.717, 1.165) is 0 Å². The van der Waals surface area contributed by atoms with Crippen molar-refractivity contribution in [2.75, 3.05) is 6.61 Å². The Morgan fingerprint density at radius 1 is 1.46 bits per heavy atom. The van der Waals surface area contributed by atoms with Gasteiger partial charge in [-0.15, -0.1) is 0 Å². The molecule has 0 rings (SSSR count). The molecule has 0 saturated heterocycles. The van der Waals surface area contributed by atoms with E-state index >= 15 is 0 Å². The van der Waals surface area contributed by atoms with Crippen LogP contribution in [0.3, 0.4) is 0 Å². The van der Waals surface area contributed by atoms with E-state index in [4.69, 9.17) is 0 Å². The Balaban J connectivity index is 4.09. The van der Waals surface area contributed by atoms with E-state index in [0.29, 0.717) is 6.42 Å². The van der Waals surface area contributed by atoms with Gasteiger partial charge < -0.3 is 4.74 Å². The van der Waals surface area contributed by atoms with Crippen molar-refractivity contribution in [1.29, 1.82) is 0 Å². The SMILES string of the molecule is CCOC(=O)/C(F)=C/CC(C)(C)C. The van der Waals surface area contributed by atoms with Crippen LogP contribution < -0.4 is 0 Å². The molecule has 0 N–H and O–H groups in total. The maximum absolute atomic E-state index is 12.9. The van der Waals surface area contributed by atoms with Gasteiger partial charge in [0.25, 0.3) is 0 Å². The van der Waals surface area contributed by atoms with Gasteiger partial charge in [-0.2, -0.15) is 4.39 Å². The van der Waals surface area contributed by atoms with Crippen molar-refractivity contribution in [3.05, 3.63) is 11.9 Å².